The highest BCUT2D eigenvalue weighted by Gasteiger charge is 2.38. The molecule has 0 aliphatic carbocycles. The summed E-state index contributed by atoms with van der Waals surface area (Å²) in [6, 6.07) is 6.08. The fourth-order valence-corrected chi connectivity index (χ4v) is 2.71. The van der Waals surface area contributed by atoms with Gasteiger partial charge in [0.15, 0.2) is 0 Å². The zero-order valence-electron chi connectivity index (χ0n) is 13.9. The lowest BCUT2D eigenvalue weighted by Crippen LogP contribution is -2.32. The molecule has 2 N–H and O–H groups in total. The molecule has 1 fully saturated rings. The fraction of sp³-hybridized carbons (Fsp3) is 0.353. The Morgan fingerprint density at radius 3 is 2.84 bits per heavy atom. The van der Waals surface area contributed by atoms with Crippen molar-refractivity contribution in [3.8, 4) is 0 Å². The molecule has 0 radical (unpaired) electrons. The summed E-state index contributed by atoms with van der Waals surface area (Å²) in [6.07, 6.45) is 3.82. The minimum Gasteiger partial charge on any atom is -0.467 e. The summed E-state index contributed by atoms with van der Waals surface area (Å²) >= 11 is 0. The summed E-state index contributed by atoms with van der Waals surface area (Å²) in [6.45, 7) is 0.520. The highest BCUT2D eigenvalue weighted by atomic mass is 16.3. The Morgan fingerprint density at radius 2 is 2.16 bits per heavy atom. The van der Waals surface area contributed by atoms with Crippen molar-refractivity contribution in [3.63, 3.8) is 0 Å². The smallest absolute Gasteiger partial charge is 0.325 e. The molecule has 4 amide bonds. The van der Waals surface area contributed by atoms with Crippen molar-refractivity contribution in [2.45, 2.75) is 32.0 Å². The average Bonchev–Trinajstić information content (AvgIpc) is 3.30. The molecule has 3 rings (SSSR count). The summed E-state index contributed by atoms with van der Waals surface area (Å²) < 4.78 is 7.09. The maximum Gasteiger partial charge on any atom is 0.325 e. The van der Waals surface area contributed by atoms with Crippen LogP contribution in [-0.4, -0.2) is 33.4 Å². The molecule has 8 heteroatoms. The zero-order chi connectivity index (χ0) is 17.8. The van der Waals surface area contributed by atoms with Crippen LogP contribution in [-0.2, 0) is 29.7 Å². The van der Waals surface area contributed by atoms with Gasteiger partial charge in [0, 0.05) is 25.4 Å². The van der Waals surface area contributed by atoms with Crippen molar-refractivity contribution in [1.29, 1.82) is 0 Å². The molecule has 1 atom stereocenters. The Bertz CT molecular complexity index is 765. The van der Waals surface area contributed by atoms with E-state index in [9.17, 15) is 14.4 Å². The number of amides is 4. The molecule has 1 aliphatic rings. The topological polar surface area (TPSA) is 96.6 Å². The van der Waals surface area contributed by atoms with E-state index in [0.29, 0.717) is 12.3 Å². The largest absolute Gasteiger partial charge is 0.467 e. The summed E-state index contributed by atoms with van der Waals surface area (Å²) in [4.78, 5) is 37.3. The maximum absolute atomic E-state index is 12.3. The summed E-state index contributed by atoms with van der Waals surface area (Å²) in [5.74, 6) is 0.0360. The molecule has 2 aromatic rings. The van der Waals surface area contributed by atoms with Crippen molar-refractivity contribution in [3.05, 3.63) is 48.2 Å². The number of nitrogens with zero attached hydrogens (tertiary/aromatic N) is 2. The highest BCUT2D eigenvalue weighted by Crippen LogP contribution is 2.15. The molecule has 1 aliphatic heterocycles. The third-order valence-electron chi connectivity index (χ3n) is 4.18. The molecule has 25 heavy (non-hydrogen) atoms. The van der Waals surface area contributed by atoms with Crippen molar-refractivity contribution in [1.82, 2.24) is 20.1 Å². The summed E-state index contributed by atoms with van der Waals surface area (Å²) in [7, 11) is 1.90. The van der Waals surface area contributed by atoms with Crippen LogP contribution in [0.3, 0.4) is 0 Å². The van der Waals surface area contributed by atoms with E-state index in [1.165, 1.54) is 6.26 Å². The number of imide groups is 1. The number of aryl methyl sites for hydroxylation is 1. The lowest BCUT2D eigenvalue weighted by atomic mass is 10.1. The quantitative estimate of drug-likeness (QED) is 0.736. The van der Waals surface area contributed by atoms with E-state index in [4.69, 9.17) is 4.42 Å². The van der Waals surface area contributed by atoms with Crippen molar-refractivity contribution < 1.29 is 18.8 Å². The minimum atomic E-state index is -0.678. The third-order valence-corrected chi connectivity index (χ3v) is 4.18. The van der Waals surface area contributed by atoms with Crippen molar-refractivity contribution in [2.75, 3.05) is 0 Å². The maximum atomic E-state index is 12.3. The first-order valence-corrected chi connectivity index (χ1v) is 8.06. The standard InChI is InChI=1S/C17H20N4O4/c1-20-8-2-4-12(20)10-18-15(22)7-6-14-16(23)21(17(24)19-14)11-13-5-3-9-25-13/h2-5,8-9,14H,6-7,10-11H2,1H3,(H,18,22)(H,19,24)/t14-/m0/s1. The molecule has 132 valence electrons. The first-order valence-electron chi connectivity index (χ1n) is 8.06. The van der Waals surface area contributed by atoms with Gasteiger partial charge in [0.1, 0.15) is 11.8 Å². The van der Waals surface area contributed by atoms with Gasteiger partial charge < -0.3 is 19.6 Å². The van der Waals surface area contributed by atoms with Gasteiger partial charge in [-0.15, -0.1) is 0 Å². The Morgan fingerprint density at radius 1 is 1.32 bits per heavy atom. The van der Waals surface area contributed by atoms with Gasteiger partial charge in [-0.25, -0.2) is 4.79 Å². The van der Waals surface area contributed by atoms with Crippen LogP contribution in [0.2, 0.25) is 0 Å². The van der Waals surface area contributed by atoms with Crippen molar-refractivity contribution in [2.24, 2.45) is 7.05 Å². The SMILES string of the molecule is Cn1cccc1CNC(=O)CC[C@@H]1NC(=O)N(Cc2ccco2)C1=O. The third kappa shape index (κ3) is 3.90. The van der Waals surface area contributed by atoms with Crippen LogP contribution in [0.4, 0.5) is 4.79 Å². The van der Waals surface area contributed by atoms with Crippen molar-refractivity contribution >= 4 is 17.8 Å². The Kier molecular flexibility index (Phi) is 4.87. The number of rotatable bonds is 7. The number of hydrogen-bond donors (Lipinski definition) is 2. The van der Waals surface area contributed by atoms with E-state index in [2.05, 4.69) is 10.6 Å². The lowest BCUT2D eigenvalue weighted by molar-refractivity contribution is -0.128. The number of carbonyl (C=O) groups excluding carboxylic acids is 3. The molecule has 0 saturated carbocycles. The van der Waals surface area contributed by atoms with Crippen LogP contribution in [0.15, 0.2) is 41.1 Å². The van der Waals surface area contributed by atoms with E-state index in [1.54, 1.807) is 12.1 Å². The second-order valence-corrected chi connectivity index (χ2v) is 5.93. The lowest BCUT2D eigenvalue weighted by Gasteiger charge is -2.11. The molecule has 8 nitrogen and oxygen atoms in total. The Labute approximate surface area is 144 Å². The minimum absolute atomic E-state index is 0.0911. The molecule has 3 heterocycles. The van der Waals surface area contributed by atoms with Gasteiger partial charge in [-0.1, -0.05) is 0 Å². The molecule has 0 unspecified atom stereocenters. The molecule has 0 bridgehead atoms. The average molecular weight is 344 g/mol. The van der Waals surface area contributed by atoms with E-state index < -0.39 is 12.1 Å². The van der Waals surface area contributed by atoms with E-state index in [0.717, 1.165) is 10.6 Å². The first-order chi connectivity index (χ1) is 12.0. The zero-order valence-corrected chi connectivity index (χ0v) is 13.9. The van der Waals surface area contributed by atoms with Crippen LogP contribution in [0.5, 0.6) is 0 Å². The molecular formula is C17H20N4O4. The number of nitrogens with one attached hydrogen (secondary N) is 2. The van der Waals surface area contributed by atoms with Crippen LogP contribution >= 0.6 is 0 Å². The van der Waals surface area contributed by atoms with Crippen LogP contribution in [0.25, 0.3) is 0 Å². The number of furan rings is 1. The van der Waals surface area contributed by atoms with Crippen LogP contribution in [0, 0.1) is 0 Å². The van der Waals surface area contributed by atoms with Gasteiger partial charge in [0.2, 0.25) is 5.91 Å². The number of carbonyl (C=O) groups is 3. The molecule has 2 aromatic heterocycles. The van der Waals surface area contributed by atoms with E-state index in [-0.39, 0.29) is 31.2 Å². The molecular weight excluding hydrogens is 324 g/mol. The first kappa shape index (κ1) is 16.8. The van der Waals surface area contributed by atoms with Gasteiger partial charge in [-0.05, 0) is 30.7 Å². The normalized spacial score (nSPS) is 17.0. The van der Waals surface area contributed by atoms with E-state index in [1.807, 2.05) is 29.9 Å². The molecule has 0 aromatic carbocycles. The van der Waals surface area contributed by atoms with Crippen LogP contribution in [0.1, 0.15) is 24.3 Å². The predicted molar refractivity (Wildman–Crippen MR) is 88.1 cm³/mol. The van der Waals surface area contributed by atoms with Gasteiger partial charge >= 0.3 is 6.03 Å². The van der Waals surface area contributed by atoms with E-state index >= 15 is 0 Å². The van der Waals surface area contributed by atoms with Gasteiger partial charge in [0.25, 0.3) is 5.91 Å². The Hall–Kier alpha value is -3.03. The number of urea groups is 1. The predicted octanol–water partition coefficient (Wildman–Crippen LogP) is 1.14. The highest BCUT2D eigenvalue weighted by molar-refractivity contribution is 6.04. The van der Waals surface area contributed by atoms with Gasteiger partial charge in [-0.3, -0.25) is 14.5 Å². The summed E-state index contributed by atoms with van der Waals surface area (Å²) in [5.41, 5.74) is 0.989. The second-order valence-electron chi connectivity index (χ2n) is 5.93. The molecule has 0 spiro atoms. The fourth-order valence-electron chi connectivity index (χ4n) is 2.71. The Balaban J connectivity index is 1.46. The number of aromatic nitrogens is 1. The van der Waals surface area contributed by atoms with Gasteiger partial charge in [-0.2, -0.15) is 0 Å². The molecule has 1 saturated heterocycles. The monoisotopic (exact) mass is 344 g/mol. The summed E-state index contributed by atoms with van der Waals surface area (Å²) in [5, 5.41) is 5.42. The number of hydrogen-bond acceptors (Lipinski definition) is 4. The van der Waals surface area contributed by atoms with Crippen LogP contribution < -0.4 is 10.6 Å². The van der Waals surface area contributed by atoms with Gasteiger partial charge in [0.05, 0.1) is 19.4 Å². The second kappa shape index (κ2) is 7.25.